The Bertz CT molecular complexity index is 1280. The van der Waals surface area contributed by atoms with Crippen LogP contribution in [0.3, 0.4) is 0 Å². The third-order valence-electron chi connectivity index (χ3n) is 6.76. The van der Waals surface area contributed by atoms with Crippen molar-refractivity contribution < 1.29 is 23.5 Å². The van der Waals surface area contributed by atoms with E-state index in [0.717, 1.165) is 67.6 Å². The van der Waals surface area contributed by atoms with E-state index in [0.29, 0.717) is 18.8 Å². The van der Waals surface area contributed by atoms with Gasteiger partial charge in [-0.15, -0.1) is 0 Å². The molecule has 2 fully saturated rings. The minimum atomic E-state index is -0.0736. The number of ether oxygens (including phenoxy) is 3. The predicted molar refractivity (Wildman–Crippen MR) is 171 cm³/mol. The maximum atomic E-state index is 10.0. The summed E-state index contributed by atoms with van der Waals surface area (Å²) in [7, 11) is 1.91. The van der Waals surface area contributed by atoms with Gasteiger partial charge in [-0.2, -0.15) is 0 Å². The lowest BCUT2D eigenvalue weighted by atomic mass is 9.93. The zero-order valence-electron chi connectivity index (χ0n) is 26.3. The number of hydrogen-bond acceptors (Lipinski definition) is 8. The molecule has 1 amide bonds. The van der Waals surface area contributed by atoms with Crippen molar-refractivity contribution in [3.8, 4) is 17.6 Å². The molecule has 0 spiro atoms. The molecule has 3 aromatic rings. The molecule has 2 unspecified atom stereocenters. The number of nitrogens with one attached hydrogen (secondary N) is 2. The first kappa shape index (κ1) is 33.7. The van der Waals surface area contributed by atoms with Gasteiger partial charge in [0.25, 0.3) is 0 Å². The van der Waals surface area contributed by atoms with Gasteiger partial charge in [-0.05, 0) is 55.0 Å². The smallest absolute Gasteiger partial charge is 0.212 e. The van der Waals surface area contributed by atoms with Gasteiger partial charge in [0.1, 0.15) is 11.5 Å². The maximum absolute atomic E-state index is 10.0. The summed E-state index contributed by atoms with van der Waals surface area (Å²) in [4.78, 5) is 12.4. The number of hydrogen-bond donors (Lipinski definition) is 2. The maximum Gasteiger partial charge on any atom is 0.212 e. The van der Waals surface area contributed by atoms with Crippen molar-refractivity contribution in [1.82, 2.24) is 10.1 Å². The summed E-state index contributed by atoms with van der Waals surface area (Å²) in [5.41, 5.74) is 2.99. The molecule has 9 heteroatoms. The quantitative estimate of drug-likeness (QED) is 0.200. The van der Waals surface area contributed by atoms with Crippen LogP contribution in [0, 0.1) is 11.8 Å². The molecule has 2 aliphatic heterocycles. The molecule has 2 saturated heterocycles. The number of benzene rings is 2. The van der Waals surface area contributed by atoms with Gasteiger partial charge in [0.05, 0.1) is 32.0 Å². The lowest BCUT2D eigenvalue weighted by molar-refractivity contribution is -0.116. The number of aromatic nitrogens is 1. The Morgan fingerprint density at radius 1 is 0.977 bits per heavy atom. The van der Waals surface area contributed by atoms with Crippen molar-refractivity contribution in [3.05, 3.63) is 71.5 Å². The summed E-state index contributed by atoms with van der Waals surface area (Å²) in [6.45, 7) is 15.1. The van der Waals surface area contributed by atoms with E-state index in [-0.39, 0.29) is 17.6 Å². The van der Waals surface area contributed by atoms with Crippen LogP contribution in [0.15, 0.2) is 59.1 Å². The number of fused-ring (bicyclic) bond motifs is 1. The third-order valence-corrected chi connectivity index (χ3v) is 6.76. The Hall–Kier alpha value is -3.84. The Morgan fingerprint density at radius 2 is 1.56 bits per heavy atom. The number of likely N-dealkylation sites (tertiary alicyclic amines) is 1. The van der Waals surface area contributed by atoms with Gasteiger partial charge in [-0.1, -0.05) is 51.6 Å². The van der Waals surface area contributed by atoms with Gasteiger partial charge in [0.15, 0.2) is 5.82 Å². The van der Waals surface area contributed by atoms with Gasteiger partial charge in [-0.3, -0.25) is 9.69 Å². The first-order valence-electron chi connectivity index (χ1n) is 15.0. The van der Waals surface area contributed by atoms with Gasteiger partial charge in [0.2, 0.25) is 6.41 Å². The molecule has 0 saturated carbocycles. The van der Waals surface area contributed by atoms with Crippen molar-refractivity contribution in [1.29, 1.82) is 0 Å². The molecule has 2 aliphatic rings. The van der Waals surface area contributed by atoms with E-state index in [1.54, 1.807) is 6.07 Å². The highest BCUT2D eigenvalue weighted by molar-refractivity contribution is 5.68. The van der Waals surface area contributed by atoms with Crippen molar-refractivity contribution in [2.75, 3.05) is 57.1 Å². The molecule has 3 heterocycles. The molecule has 232 valence electrons. The fraction of sp³-hybridized carbons (Fsp3) is 0.471. The van der Waals surface area contributed by atoms with E-state index < -0.39 is 0 Å². The summed E-state index contributed by atoms with van der Waals surface area (Å²) in [5.74, 6) is 8.48. The summed E-state index contributed by atoms with van der Waals surface area (Å²) < 4.78 is 22.4. The third kappa shape index (κ3) is 11.1. The number of carbonyl (C=O) groups is 1. The van der Waals surface area contributed by atoms with Gasteiger partial charge in [-0.25, -0.2) is 0 Å². The van der Waals surface area contributed by atoms with Crippen molar-refractivity contribution in [2.24, 2.45) is 0 Å². The molecule has 2 atom stereocenters. The van der Waals surface area contributed by atoms with Crippen LogP contribution in [0.25, 0.3) is 0 Å². The molecular formula is C34H46N4O5. The van der Waals surface area contributed by atoms with Crippen LogP contribution >= 0.6 is 0 Å². The number of carbonyl (C=O) groups excluding carboxylic acids is 1. The van der Waals surface area contributed by atoms with E-state index in [2.05, 4.69) is 32.5 Å². The lowest BCUT2D eigenvalue weighted by Gasteiger charge is -2.24. The average molecular weight is 591 g/mol. The largest absolute Gasteiger partial charge is 0.494 e. The highest BCUT2D eigenvalue weighted by Crippen LogP contribution is 2.24. The Kier molecular flexibility index (Phi) is 13.6. The Labute approximate surface area is 256 Å². The molecule has 9 nitrogen and oxygen atoms in total. The van der Waals surface area contributed by atoms with Gasteiger partial charge >= 0.3 is 0 Å². The lowest BCUT2D eigenvalue weighted by Crippen LogP contribution is -2.36. The van der Waals surface area contributed by atoms with Crippen LogP contribution in [-0.2, 0) is 19.7 Å². The minimum Gasteiger partial charge on any atom is -0.494 e. The van der Waals surface area contributed by atoms with E-state index in [4.69, 9.17) is 18.7 Å². The van der Waals surface area contributed by atoms with E-state index >= 15 is 0 Å². The van der Waals surface area contributed by atoms with E-state index in [1.807, 2.05) is 90.2 Å². The Morgan fingerprint density at radius 3 is 2.07 bits per heavy atom. The van der Waals surface area contributed by atoms with Crippen LogP contribution in [0.4, 0.5) is 11.5 Å². The zero-order valence-corrected chi connectivity index (χ0v) is 26.3. The number of amides is 1. The first-order chi connectivity index (χ1) is 20.8. The standard InChI is InChI=1S/C24H28N2O3.C8H12N2O2.C2H6/c1-25-21-9-5-19(6-10-21)3-4-20-7-11-22(12-8-20)27-14-2-13-26-17-23-24(18-26)29-16-15-28-23;1-8(2,3)6-4-7(9-5-11)10-12-6;1-2/h5-12,23-25H,2,13-18H2,1H3;4-5H,1-3H3,(H,9,10,11);1-2H3. The average Bonchev–Trinajstić information content (AvgIpc) is 3.68. The van der Waals surface area contributed by atoms with Crippen LogP contribution in [0.5, 0.6) is 5.75 Å². The summed E-state index contributed by atoms with van der Waals surface area (Å²) in [5, 5.41) is 9.18. The first-order valence-corrected chi connectivity index (χ1v) is 15.0. The normalized spacial score (nSPS) is 17.5. The van der Waals surface area contributed by atoms with Crippen molar-refractivity contribution in [3.63, 3.8) is 0 Å². The predicted octanol–water partition coefficient (Wildman–Crippen LogP) is 5.56. The van der Waals surface area contributed by atoms with Crippen LogP contribution in [0.2, 0.25) is 0 Å². The number of rotatable bonds is 8. The highest BCUT2D eigenvalue weighted by atomic mass is 16.6. The second-order valence-corrected chi connectivity index (χ2v) is 11.0. The molecule has 1 aromatic heterocycles. The topological polar surface area (TPSA) is 98.1 Å². The summed E-state index contributed by atoms with van der Waals surface area (Å²) in [6.07, 6.45) is 2.06. The molecule has 0 aliphatic carbocycles. The number of nitrogens with zero attached hydrogens (tertiary/aromatic N) is 2. The molecular weight excluding hydrogens is 544 g/mol. The van der Waals surface area contributed by atoms with Crippen LogP contribution in [0.1, 0.15) is 57.9 Å². The monoisotopic (exact) mass is 590 g/mol. The number of anilines is 2. The highest BCUT2D eigenvalue weighted by Gasteiger charge is 2.36. The van der Waals surface area contributed by atoms with E-state index in [1.165, 1.54) is 0 Å². The van der Waals surface area contributed by atoms with Crippen molar-refractivity contribution >= 4 is 17.9 Å². The SMILES string of the molecule is CC.CC(C)(C)c1cc(NC=O)no1.CNc1ccc(C#Cc2ccc(OCCCN3CC4OCCOC4C3)cc2)cc1. The molecule has 2 N–H and O–H groups in total. The molecule has 0 radical (unpaired) electrons. The second kappa shape index (κ2) is 17.3. The fourth-order valence-electron chi connectivity index (χ4n) is 4.45. The van der Waals surface area contributed by atoms with Gasteiger partial charge < -0.3 is 29.4 Å². The van der Waals surface area contributed by atoms with Crippen LogP contribution in [-0.4, -0.2) is 75.2 Å². The molecule has 43 heavy (non-hydrogen) atoms. The van der Waals surface area contributed by atoms with Crippen molar-refractivity contribution in [2.45, 2.75) is 58.7 Å². The second-order valence-electron chi connectivity index (χ2n) is 11.0. The summed E-state index contributed by atoms with van der Waals surface area (Å²) >= 11 is 0. The molecule has 2 aromatic carbocycles. The van der Waals surface area contributed by atoms with Gasteiger partial charge in [0, 0.05) is 55.0 Å². The zero-order chi connectivity index (χ0) is 31.1. The summed E-state index contributed by atoms with van der Waals surface area (Å²) in [6, 6.07) is 17.8. The molecule has 5 rings (SSSR count). The van der Waals surface area contributed by atoms with Crippen LogP contribution < -0.4 is 15.4 Å². The van der Waals surface area contributed by atoms with E-state index in [9.17, 15) is 4.79 Å². The minimum absolute atomic E-state index is 0.0736. The fourth-order valence-corrected chi connectivity index (χ4v) is 4.45. The molecule has 0 bridgehead atoms. The Balaban J connectivity index is 0.000000303.